The minimum Gasteiger partial charge on any atom is -0.410 e. The third-order valence-corrected chi connectivity index (χ3v) is 3.21. The Balaban J connectivity index is 1.68. The predicted octanol–water partition coefficient (Wildman–Crippen LogP) is 4.31. The number of hydrogen-bond acceptors (Lipinski definition) is 2. The third kappa shape index (κ3) is 2.96. The number of nitrogens with one attached hydrogen (secondary N) is 1. The number of anilines is 1. The molecule has 0 aromatic heterocycles. The molecule has 1 aliphatic rings. The Bertz CT molecular complexity index is 624. The molecule has 0 atom stereocenters. The molecular formula is C16H14FNO2. The van der Waals surface area contributed by atoms with Gasteiger partial charge in [0.1, 0.15) is 11.6 Å². The summed E-state index contributed by atoms with van der Waals surface area (Å²) >= 11 is 0. The van der Waals surface area contributed by atoms with Crippen LogP contribution in [0.15, 0.2) is 48.5 Å². The molecule has 2 aromatic rings. The molecular weight excluding hydrogens is 257 g/mol. The monoisotopic (exact) mass is 271 g/mol. The summed E-state index contributed by atoms with van der Waals surface area (Å²) in [6.45, 7) is 0. The van der Waals surface area contributed by atoms with Crippen LogP contribution in [0.2, 0.25) is 0 Å². The Morgan fingerprint density at radius 1 is 1.15 bits per heavy atom. The Morgan fingerprint density at radius 2 is 1.90 bits per heavy atom. The molecule has 0 aliphatic heterocycles. The number of ether oxygens (including phenoxy) is 1. The zero-order valence-corrected chi connectivity index (χ0v) is 10.8. The zero-order chi connectivity index (χ0) is 13.9. The Kier molecular flexibility index (Phi) is 3.37. The van der Waals surface area contributed by atoms with Gasteiger partial charge < -0.3 is 4.74 Å². The molecule has 20 heavy (non-hydrogen) atoms. The van der Waals surface area contributed by atoms with Gasteiger partial charge in [-0.1, -0.05) is 18.2 Å². The lowest BCUT2D eigenvalue weighted by atomic mass is 10.1. The van der Waals surface area contributed by atoms with Gasteiger partial charge >= 0.3 is 6.09 Å². The second kappa shape index (κ2) is 5.33. The van der Waals surface area contributed by atoms with E-state index in [-0.39, 0.29) is 5.82 Å². The number of amides is 1. The minimum atomic E-state index is -0.579. The van der Waals surface area contributed by atoms with E-state index in [0.717, 1.165) is 12.8 Å². The van der Waals surface area contributed by atoms with Gasteiger partial charge in [0.15, 0.2) is 0 Å². The normalized spacial score (nSPS) is 13.8. The van der Waals surface area contributed by atoms with Crippen LogP contribution >= 0.6 is 0 Å². The van der Waals surface area contributed by atoms with Crippen molar-refractivity contribution < 1.29 is 13.9 Å². The number of para-hydroxylation sites is 1. The van der Waals surface area contributed by atoms with Crippen molar-refractivity contribution >= 4 is 11.8 Å². The van der Waals surface area contributed by atoms with Crippen LogP contribution in [0.1, 0.15) is 24.3 Å². The number of rotatable bonds is 3. The molecule has 102 valence electrons. The van der Waals surface area contributed by atoms with E-state index >= 15 is 0 Å². The van der Waals surface area contributed by atoms with E-state index in [4.69, 9.17) is 4.74 Å². The second-order valence-corrected chi connectivity index (χ2v) is 4.84. The summed E-state index contributed by atoms with van der Waals surface area (Å²) in [5, 5.41) is 2.61. The highest BCUT2D eigenvalue weighted by Gasteiger charge is 2.26. The molecule has 0 radical (unpaired) electrons. The van der Waals surface area contributed by atoms with Gasteiger partial charge in [-0.25, -0.2) is 9.18 Å². The van der Waals surface area contributed by atoms with Gasteiger partial charge in [-0.15, -0.1) is 0 Å². The molecule has 1 amide bonds. The van der Waals surface area contributed by atoms with E-state index in [1.54, 1.807) is 30.3 Å². The fourth-order valence-corrected chi connectivity index (χ4v) is 2.07. The minimum absolute atomic E-state index is 0.213. The third-order valence-electron chi connectivity index (χ3n) is 3.21. The van der Waals surface area contributed by atoms with Crippen LogP contribution in [0, 0.1) is 5.82 Å². The molecule has 3 rings (SSSR count). The average Bonchev–Trinajstić information content (AvgIpc) is 3.26. The van der Waals surface area contributed by atoms with Gasteiger partial charge in [0, 0.05) is 5.69 Å². The van der Waals surface area contributed by atoms with Crippen LogP contribution in [0.25, 0.3) is 0 Å². The molecule has 1 N–H and O–H groups in total. The van der Waals surface area contributed by atoms with Crippen LogP contribution in [-0.2, 0) is 0 Å². The number of carbonyl (C=O) groups excluding carboxylic acids is 1. The number of benzene rings is 2. The summed E-state index contributed by atoms with van der Waals surface area (Å²) in [6, 6.07) is 13.4. The van der Waals surface area contributed by atoms with Crippen molar-refractivity contribution in [3.05, 3.63) is 59.9 Å². The van der Waals surface area contributed by atoms with Crippen LogP contribution in [0.3, 0.4) is 0 Å². The number of halogens is 1. The topological polar surface area (TPSA) is 38.3 Å². The summed E-state index contributed by atoms with van der Waals surface area (Å²) < 4.78 is 18.7. The zero-order valence-electron chi connectivity index (χ0n) is 10.8. The number of hydrogen-bond donors (Lipinski definition) is 1. The van der Waals surface area contributed by atoms with E-state index in [1.165, 1.54) is 12.1 Å². The molecule has 0 spiro atoms. The van der Waals surface area contributed by atoms with Crippen molar-refractivity contribution in [3.63, 3.8) is 0 Å². The second-order valence-electron chi connectivity index (χ2n) is 4.84. The first-order chi connectivity index (χ1) is 9.72. The molecule has 4 heteroatoms. The first-order valence-electron chi connectivity index (χ1n) is 6.56. The van der Waals surface area contributed by atoms with E-state index in [9.17, 15) is 9.18 Å². The quantitative estimate of drug-likeness (QED) is 0.903. The lowest BCUT2D eigenvalue weighted by Crippen LogP contribution is -2.16. The summed E-state index contributed by atoms with van der Waals surface area (Å²) in [4.78, 5) is 11.7. The van der Waals surface area contributed by atoms with Gasteiger partial charge in [-0.05, 0) is 54.7 Å². The summed E-state index contributed by atoms with van der Waals surface area (Å²) in [6.07, 6.45) is 1.44. The highest BCUT2D eigenvalue weighted by molar-refractivity contribution is 5.86. The fraction of sp³-hybridized carbons (Fsp3) is 0.188. The molecule has 1 fully saturated rings. The van der Waals surface area contributed by atoms with Gasteiger partial charge in [0.2, 0.25) is 0 Å². The van der Waals surface area contributed by atoms with Gasteiger partial charge in [-0.3, -0.25) is 5.32 Å². The van der Waals surface area contributed by atoms with Gasteiger partial charge in [0.05, 0.1) is 0 Å². The lowest BCUT2D eigenvalue weighted by molar-refractivity contribution is 0.215. The summed E-state index contributed by atoms with van der Waals surface area (Å²) in [5.41, 5.74) is 1.22. The van der Waals surface area contributed by atoms with Crippen molar-refractivity contribution in [3.8, 4) is 5.75 Å². The average molecular weight is 271 g/mol. The lowest BCUT2D eigenvalue weighted by Gasteiger charge is -2.08. The van der Waals surface area contributed by atoms with Crippen LogP contribution < -0.4 is 10.1 Å². The highest BCUT2D eigenvalue weighted by Crippen LogP contribution is 2.42. The predicted molar refractivity (Wildman–Crippen MR) is 74.5 cm³/mol. The van der Waals surface area contributed by atoms with Crippen molar-refractivity contribution in [2.24, 2.45) is 0 Å². The molecule has 1 saturated carbocycles. The Hall–Kier alpha value is -2.36. The van der Waals surface area contributed by atoms with E-state index in [2.05, 4.69) is 5.32 Å². The smallest absolute Gasteiger partial charge is 0.410 e. The van der Waals surface area contributed by atoms with Crippen molar-refractivity contribution in [1.29, 1.82) is 0 Å². The van der Waals surface area contributed by atoms with Gasteiger partial charge in [-0.2, -0.15) is 0 Å². The number of carbonyl (C=O) groups is 1. The van der Waals surface area contributed by atoms with Crippen molar-refractivity contribution in [1.82, 2.24) is 0 Å². The molecule has 1 aliphatic carbocycles. The highest BCUT2D eigenvalue weighted by atomic mass is 19.1. The van der Waals surface area contributed by atoms with Gasteiger partial charge in [0.25, 0.3) is 0 Å². The van der Waals surface area contributed by atoms with Crippen LogP contribution in [0.4, 0.5) is 14.9 Å². The Labute approximate surface area is 116 Å². The largest absolute Gasteiger partial charge is 0.417 e. The van der Waals surface area contributed by atoms with E-state index in [1.807, 2.05) is 6.07 Å². The molecule has 0 heterocycles. The maximum Gasteiger partial charge on any atom is 0.417 e. The van der Waals surface area contributed by atoms with Crippen LogP contribution in [-0.4, -0.2) is 6.09 Å². The summed E-state index contributed by atoms with van der Waals surface area (Å²) in [7, 11) is 0. The van der Waals surface area contributed by atoms with E-state index in [0.29, 0.717) is 22.9 Å². The first-order valence-corrected chi connectivity index (χ1v) is 6.56. The van der Waals surface area contributed by atoms with Crippen LogP contribution in [0.5, 0.6) is 5.75 Å². The molecule has 3 nitrogen and oxygen atoms in total. The van der Waals surface area contributed by atoms with Crippen molar-refractivity contribution in [2.45, 2.75) is 18.8 Å². The van der Waals surface area contributed by atoms with E-state index < -0.39 is 6.09 Å². The Morgan fingerprint density at radius 3 is 2.60 bits per heavy atom. The maximum absolute atomic E-state index is 13.6. The molecule has 0 bridgehead atoms. The van der Waals surface area contributed by atoms with Crippen molar-refractivity contribution in [2.75, 3.05) is 5.32 Å². The molecule has 0 saturated heterocycles. The molecule has 0 unspecified atom stereocenters. The maximum atomic E-state index is 13.6. The standard InChI is InChI=1S/C16H14FNO2/c17-15-9-8-12(10-14(15)11-6-7-11)18-16(19)20-13-4-2-1-3-5-13/h1-5,8-11H,6-7H2,(H,18,19). The fourth-order valence-electron chi connectivity index (χ4n) is 2.07. The molecule has 2 aromatic carbocycles. The summed E-state index contributed by atoms with van der Waals surface area (Å²) in [5.74, 6) is 0.547. The first kappa shape index (κ1) is 12.7. The SMILES string of the molecule is O=C(Nc1ccc(F)c(C2CC2)c1)Oc1ccccc1.